The SMILES string of the molecule is Cc1ccc(OCC(=O)n2nc(C)c(CC(C)C)c2C)c(C)c1. The van der Waals surface area contributed by atoms with Crippen molar-refractivity contribution < 1.29 is 9.53 Å². The predicted molar refractivity (Wildman–Crippen MR) is 92.3 cm³/mol. The summed E-state index contributed by atoms with van der Waals surface area (Å²) in [6.07, 6.45) is 0.933. The lowest BCUT2D eigenvalue weighted by Crippen LogP contribution is -2.22. The lowest BCUT2D eigenvalue weighted by atomic mass is 10.0. The Morgan fingerprint density at radius 2 is 1.91 bits per heavy atom. The molecule has 1 aromatic carbocycles. The topological polar surface area (TPSA) is 44.1 Å². The minimum Gasteiger partial charge on any atom is -0.483 e. The van der Waals surface area contributed by atoms with Gasteiger partial charge < -0.3 is 4.74 Å². The highest BCUT2D eigenvalue weighted by Crippen LogP contribution is 2.20. The highest BCUT2D eigenvalue weighted by molar-refractivity contribution is 5.80. The van der Waals surface area contributed by atoms with Crippen molar-refractivity contribution in [3.05, 3.63) is 46.3 Å². The van der Waals surface area contributed by atoms with Crippen molar-refractivity contribution in [3.63, 3.8) is 0 Å². The van der Waals surface area contributed by atoms with Gasteiger partial charge in [0.1, 0.15) is 5.75 Å². The molecule has 0 N–H and O–H groups in total. The normalized spacial score (nSPS) is 11.1. The van der Waals surface area contributed by atoms with Crippen molar-refractivity contribution >= 4 is 5.91 Å². The number of rotatable bonds is 5. The Bertz CT molecular complexity index is 714. The summed E-state index contributed by atoms with van der Waals surface area (Å²) in [6.45, 7) is 12.3. The van der Waals surface area contributed by atoms with Gasteiger partial charge in [-0.15, -0.1) is 0 Å². The van der Waals surface area contributed by atoms with Gasteiger partial charge in [0.05, 0.1) is 5.69 Å². The second kappa shape index (κ2) is 6.99. The maximum Gasteiger partial charge on any atom is 0.284 e. The van der Waals surface area contributed by atoms with Crippen LogP contribution in [-0.2, 0) is 6.42 Å². The smallest absolute Gasteiger partial charge is 0.284 e. The fraction of sp³-hybridized carbons (Fsp3) is 0.474. The third kappa shape index (κ3) is 4.01. The first-order valence-electron chi connectivity index (χ1n) is 8.08. The number of benzene rings is 1. The number of ether oxygens (including phenoxy) is 1. The second-order valence-corrected chi connectivity index (χ2v) is 6.61. The largest absolute Gasteiger partial charge is 0.483 e. The average molecular weight is 314 g/mol. The first kappa shape index (κ1) is 17.3. The molecule has 0 fully saturated rings. The van der Waals surface area contributed by atoms with Gasteiger partial charge in [0.15, 0.2) is 6.61 Å². The van der Waals surface area contributed by atoms with Crippen molar-refractivity contribution in [2.24, 2.45) is 5.92 Å². The van der Waals surface area contributed by atoms with E-state index >= 15 is 0 Å². The number of hydrogen-bond acceptors (Lipinski definition) is 3. The van der Waals surface area contributed by atoms with E-state index in [9.17, 15) is 4.79 Å². The van der Waals surface area contributed by atoms with Crippen LogP contribution in [0.1, 0.15) is 46.7 Å². The molecule has 0 bridgehead atoms. The Balaban J connectivity index is 2.12. The summed E-state index contributed by atoms with van der Waals surface area (Å²) in [7, 11) is 0. The van der Waals surface area contributed by atoms with Gasteiger partial charge in [-0.05, 0) is 57.2 Å². The number of aryl methyl sites for hydroxylation is 3. The zero-order valence-electron chi connectivity index (χ0n) is 14.9. The monoisotopic (exact) mass is 314 g/mol. The summed E-state index contributed by atoms with van der Waals surface area (Å²) < 4.78 is 7.17. The first-order chi connectivity index (χ1) is 10.8. The number of aromatic nitrogens is 2. The van der Waals surface area contributed by atoms with Gasteiger partial charge >= 0.3 is 0 Å². The lowest BCUT2D eigenvalue weighted by molar-refractivity contribution is 0.0817. The zero-order valence-corrected chi connectivity index (χ0v) is 14.9. The highest BCUT2D eigenvalue weighted by atomic mass is 16.5. The van der Waals surface area contributed by atoms with Crippen LogP contribution in [-0.4, -0.2) is 22.3 Å². The van der Waals surface area contributed by atoms with Crippen LogP contribution in [0.25, 0.3) is 0 Å². The lowest BCUT2D eigenvalue weighted by Gasteiger charge is -2.10. The molecule has 0 saturated carbocycles. The molecule has 4 nitrogen and oxygen atoms in total. The van der Waals surface area contributed by atoms with Gasteiger partial charge in [-0.3, -0.25) is 4.79 Å². The maximum absolute atomic E-state index is 12.4. The average Bonchev–Trinajstić information content (AvgIpc) is 2.74. The van der Waals surface area contributed by atoms with E-state index in [0.29, 0.717) is 5.92 Å². The molecule has 0 unspecified atom stereocenters. The molecule has 1 heterocycles. The van der Waals surface area contributed by atoms with Gasteiger partial charge in [0, 0.05) is 5.69 Å². The Kier molecular flexibility index (Phi) is 5.24. The fourth-order valence-electron chi connectivity index (χ4n) is 2.78. The number of nitrogens with zero attached hydrogens (tertiary/aromatic N) is 2. The Morgan fingerprint density at radius 3 is 2.52 bits per heavy atom. The molecule has 2 rings (SSSR count). The molecular formula is C19H26N2O2. The minimum atomic E-state index is -0.138. The van der Waals surface area contributed by atoms with Gasteiger partial charge in [0.2, 0.25) is 0 Å². The third-order valence-corrected chi connectivity index (χ3v) is 3.97. The molecule has 2 aromatic rings. The van der Waals surface area contributed by atoms with Gasteiger partial charge in [0.25, 0.3) is 5.91 Å². The van der Waals surface area contributed by atoms with E-state index in [1.807, 2.05) is 45.9 Å². The quantitative estimate of drug-likeness (QED) is 0.837. The number of carbonyl (C=O) groups excluding carboxylic acids is 1. The van der Waals surface area contributed by atoms with Crippen molar-refractivity contribution in [3.8, 4) is 5.75 Å². The molecule has 124 valence electrons. The summed E-state index contributed by atoms with van der Waals surface area (Å²) in [6, 6.07) is 5.93. The Labute approximate surface area is 138 Å². The standard InChI is InChI=1S/C19H26N2O2/c1-12(2)9-17-15(5)20-21(16(17)6)19(22)11-23-18-8-7-13(3)10-14(18)4/h7-8,10,12H,9,11H2,1-6H3. The van der Waals surface area contributed by atoms with Crippen LogP contribution < -0.4 is 4.74 Å². The van der Waals surface area contributed by atoms with E-state index < -0.39 is 0 Å². The van der Waals surface area contributed by atoms with Crippen LogP contribution in [0.5, 0.6) is 5.75 Å². The van der Waals surface area contributed by atoms with Crippen molar-refractivity contribution in [2.45, 2.75) is 48.0 Å². The van der Waals surface area contributed by atoms with Crippen LogP contribution in [0.4, 0.5) is 0 Å². The van der Waals surface area contributed by atoms with E-state index in [-0.39, 0.29) is 12.5 Å². The van der Waals surface area contributed by atoms with Crippen LogP contribution in [0.3, 0.4) is 0 Å². The van der Waals surface area contributed by atoms with Crippen LogP contribution in [0.2, 0.25) is 0 Å². The molecule has 0 aliphatic carbocycles. The molecule has 0 saturated heterocycles. The highest BCUT2D eigenvalue weighted by Gasteiger charge is 2.17. The summed E-state index contributed by atoms with van der Waals surface area (Å²) >= 11 is 0. The van der Waals surface area contributed by atoms with Crippen LogP contribution >= 0.6 is 0 Å². The van der Waals surface area contributed by atoms with Gasteiger partial charge in [-0.25, -0.2) is 4.68 Å². The van der Waals surface area contributed by atoms with Crippen LogP contribution in [0, 0.1) is 33.6 Å². The van der Waals surface area contributed by atoms with E-state index in [1.54, 1.807) is 0 Å². The number of hydrogen-bond donors (Lipinski definition) is 0. The predicted octanol–water partition coefficient (Wildman–Crippen LogP) is 4.03. The van der Waals surface area contributed by atoms with Gasteiger partial charge in [-0.2, -0.15) is 5.10 Å². The summed E-state index contributed by atoms with van der Waals surface area (Å²) in [4.78, 5) is 12.4. The van der Waals surface area contributed by atoms with E-state index in [0.717, 1.165) is 29.1 Å². The molecule has 0 radical (unpaired) electrons. The Morgan fingerprint density at radius 1 is 1.22 bits per heavy atom. The van der Waals surface area contributed by atoms with Crippen molar-refractivity contribution in [2.75, 3.05) is 6.61 Å². The maximum atomic E-state index is 12.4. The molecule has 0 atom stereocenters. The van der Waals surface area contributed by atoms with E-state index in [4.69, 9.17) is 4.74 Å². The van der Waals surface area contributed by atoms with Gasteiger partial charge in [-0.1, -0.05) is 31.5 Å². The van der Waals surface area contributed by atoms with Crippen LogP contribution in [0.15, 0.2) is 18.2 Å². The summed E-state index contributed by atoms with van der Waals surface area (Å²) in [5.74, 6) is 1.14. The zero-order chi connectivity index (χ0) is 17.1. The molecule has 4 heteroatoms. The second-order valence-electron chi connectivity index (χ2n) is 6.61. The molecule has 0 aliphatic rings. The van der Waals surface area contributed by atoms with E-state index in [2.05, 4.69) is 18.9 Å². The fourth-order valence-corrected chi connectivity index (χ4v) is 2.78. The summed E-state index contributed by atoms with van der Waals surface area (Å²) in [5, 5.41) is 4.40. The first-order valence-corrected chi connectivity index (χ1v) is 8.08. The Hall–Kier alpha value is -2.10. The third-order valence-electron chi connectivity index (χ3n) is 3.97. The van der Waals surface area contributed by atoms with E-state index in [1.165, 1.54) is 15.8 Å². The van der Waals surface area contributed by atoms with Crippen molar-refractivity contribution in [1.82, 2.24) is 9.78 Å². The molecule has 1 aromatic heterocycles. The summed E-state index contributed by atoms with van der Waals surface area (Å²) in [5.41, 5.74) is 5.23. The number of carbonyl (C=O) groups is 1. The molecule has 0 spiro atoms. The minimum absolute atomic E-state index is 0.00696. The molecular weight excluding hydrogens is 288 g/mol. The molecule has 23 heavy (non-hydrogen) atoms. The molecule has 0 amide bonds. The van der Waals surface area contributed by atoms with Crippen molar-refractivity contribution in [1.29, 1.82) is 0 Å². The molecule has 0 aliphatic heterocycles.